The van der Waals surface area contributed by atoms with Gasteiger partial charge in [0.15, 0.2) is 11.5 Å². The number of phenols is 1. The summed E-state index contributed by atoms with van der Waals surface area (Å²) in [5, 5.41) is 17.9. The molecular weight excluding hydrogens is 366 g/mol. The number of aromatic hydroxyl groups is 1. The largest absolute Gasteiger partial charge is 0.504 e. The molecular formula is C20H18ClN3O3. The number of aromatic nitrogens is 2. The molecule has 4 rings (SSSR count). The molecule has 0 saturated carbocycles. The Balaban J connectivity index is 1.72. The summed E-state index contributed by atoms with van der Waals surface area (Å²) >= 11 is 6.26. The Bertz CT molecular complexity index is 1020. The number of rotatable bonds is 4. The lowest BCUT2D eigenvalue weighted by molar-refractivity contribution is -0.116. The van der Waals surface area contributed by atoms with Gasteiger partial charge in [0.1, 0.15) is 5.82 Å². The lowest BCUT2D eigenvalue weighted by Crippen LogP contribution is -2.25. The highest BCUT2D eigenvalue weighted by atomic mass is 35.5. The minimum absolute atomic E-state index is 0.0659. The molecule has 0 fully saturated rings. The van der Waals surface area contributed by atoms with Crippen LogP contribution in [0.4, 0.5) is 5.82 Å². The third kappa shape index (κ3) is 3.24. The molecule has 138 valence electrons. The first-order valence-corrected chi connectivity index (χ1v) is 8.90. The highest BCUT2D eigenvalue weighted by Gasteiger charge is 2.30. The fraction of sp³-hybridized carbons (Fsp3) is 0.200. The number of methoxy groups -OCH3 is 1. The Morgan fingerprint density at radius 1 is 1.33 bits per heavy atom. The highest BCUT2D eigenvalue weighted by molar-refractivity contribution is 6.31. The minimum Gasteiger partial charge on any atom is -0.504 e. The number of ether oxygens (including phenoxy) is 1. The van der Waals surface area contributed by atoms with E-state index in [1.165, 1.54) is 7.11 Å². The lowest BCUT2D eigenvalue weighted by Gasteiger charge is -2.24. The van der Waals surface area contributed by atoms with Crippen molar-refractivity contribution in [3.63, 3.8) is 0 Å². The van der Waals surface area contributed by atoms with Gasteiger partial charge in [-0.25, -0.2) is 4.68 Å². The molecule has 0 radical (unpaired) electrons. The zero-order chi connectivity index (χ0) is 19.0. The van der Waals surface area contributed by atoms with Gasteiger partial charge in [-0.05, 0) is 29.3 Å². The predicted molar refractivity (Wildman–Crippen MR) is 103 cm³/mol. The molecule has 27 heavy (non-hydrogen) atoms. The third-order valence-corrected chi connectivity index (χ3v) is 5.14. The van der Waals surface area contributed by atoms with Gasteiger partial charge in [0.25, 0.3) is 0 Å². The van der Waals surface area contributed by atoms with Crippen LogP contribution in [0.3, 0.4) is 0 Å². The Morgan fingerprint density at radius 2 is 2.15 bits per heavy atom. The highest BCUT2D eigenvalue weighted by Crippen LogP contribution is 2.40. The van der Waals surface area contributed by atoms with Crippen LogP contribution in [0.25, 0.3) is 0 Å². The second-order valence-corrected chi connectivity index (χ2v) is 6.84. The molecule has 2 aromatic carbocycles. The summed E-state index contributed by atoms with van der Waals surface area (Å²) < 4.78 is 6.95. The summed E-state index contributed by atoms with van der Waals surface area (Å²) in [6.07, 6.45) is 2.08. The van der Waals surface area contributed by atoms with Crippen LogP contribution in [-0.4, -0.2) is 27.9 Å². The monoisotopic (exact) mass is 383 g/mol. The van der Waals surface area contributed by atoms with E-state index in [0.29, 0.717) is 29.6 Å². The van der Waals surface area contributed by atoms with Crippen LogP contribution in [0, 0.1) is 0 Å². The average Bonchev–Trinajstić information content (AvgIpc) is 3.06. The van der Waals surface area contributed by atoms with E-state index in [0.717, 1.165) is 16.7 Å². The maximum atomic E-state index is 12.3. The number of carbonyl (C=O) groups excluding carboxylic acids is 1. The van der Waals surface area contributed by atoms with E-state index in [1.54, 1.807) is 29.1 Å². The Hall–Kier alpha value is -2.99. The zero-order valence-electron chi connectivity index (χ0n) is 14.6. The number of benzene rings is 2. The standard InChI is InChI=1S/C20H18ClN3O3/c1-27-18-8-12(6-7-17(18)25)14-9-19(26)23-20-15(14)10-22-24(20)11-13-4-2-3-5-16(13)21/h2-8,10,14,25H,9,11H2,1H3,(H,23,26)/t14-/m1/s1. The number of amides is 1. The predicted octanol–water partition coefficient (Wildman–Crippen LogP) is 3.77. The maximum Gasteiger partial charge on any atom is 0.226 e. The van der Waals surface area contributed by atoms with E-state index in [2.05, 4.69) is 10.4 Å². The van der Waals surface area contributed by atoms with Crippen LogP contribution >= 0.6 is 11.6 Å². The number of phenolic OH excluding ortho intramolecular Hbond substituents is 1. The van der Waals surface area contributed by atoms with Gasteiger partial charge in [-0.15, -0.1) is 0 Å². The Kier molecular flexibility index (Phi) is 4.49. The molecule has 1 aromatic heterocycles. The van der Waals surface area contributed by atoms with Crippen LogP contribution < -0.4 is 10.1 Å². The van der Waals surface area contributed by atoms with E-state index < -0.39 is 0 Å². The SMILES string of the molecule is COc1cc([C@H]2CC(=O)Nc3c2cnn3Cc2ccccc2Cl)ccc1O. The summed E-state index contributed by atoms with van der Waals surface area (Å²) in [7, 11) is 1.50. The number of anilines is 1. The molecule has 1 atom stereocenters. The van der Waals surface area contributed by atoms with Crippen molar-refractivity contribution in [2.24, 2.45) is 0 Å². The van der Waals surface area contributed by atoms with Gasteiger partial charge in [0.2, 0.25) is 5.91 Å². The molecule has 0 spiro atoms. The van der Waals surface area contributed by atoms with Crippen molar-refractivity contribution < 1.29 is 14.6 Å². The number of fused-ring (bicyclic) bond motifs is 1. The topological polar surface area (TPSA) is 76.4 Å². The number of nitrogens with zero attached hydrogens (tertiary/aromatic N) is 2. The molecule has 1 amide bonds. The van der Waals surface area contributed by atoms with Gasteiger partial charge in [0.05, 0.1) is 19.9 Å². The van der Waals surface area contributed by atoms with Crippen molar-refractivity contribution in [2.75, 3.05) is 12.4 Å². The number of carbonyl (C=O) groups is 1. The molecule has 2 heterocycles. The average molecular weight is 384 g/mol. The molecule has 3 aromatic rings. The van der Waals surface area contributed by atoms with E-state index in [-0.39, 0.29) is 17.6 Å². The van der Waals surface area contributed by atoms with Crippen molar-refractivity contribution in [3.8, 4) is 11.5 Å². The van der Waals surface area contributed by atoms with Crippen LogP contribution in [0.2, 0.25) is 5.02 Å². The van der Waals surface area contributed by atoms with E-state index >= 15 is 0 Å². The normalized spacial score (nSPS) is 15.9. The third-order valence-electron chi connectivity index (χ3n) is 4.77. The zero-order valence-corrected chi connectivity index (χ0v) is 15.4. The molecule has 2 N–H and O–H groups in total. The quantitative estimate of drug-likeness (QED) is 0.719. The van der Waals surface area contributed by atoms with Gasteiger partial charge in [-0.1, -0.05) is 35.9 Å². The second-order valence-electron chi connectivity index (χ2n) is 6.43. The number of hydrogen-bond donors (Lipinski definition) is 2. The first-order valence-electron chi connectivity index (χ1n) is 8.52. The van der Waals surface area contributed by atoms with Crippen molar-refractivity contribution in [2.45, 2.75) is 18.9 Å². The smallest absolute Gasteiger partial charge is 0.226 e. The van der Waals surface area contributed by atoms with E-state index in [9.17, 15) is 9.90 Å². The van der Waals surface area contributed by atoms with Gasteiger partial charge in [-0.3, -0.25) is 4.79 Å². The fourth-order valence-corrected chi connectivity index (χ4v) is 3.58. The van der Waals surface area contributed by atoms with Gasteiger partial charge in [-0.2, -0.15) is 5.10 Å². The van der Waals surface area contributed by atoms with Crippen molar-refractivity contribution in [1.29, 1.82) is 0 Å². The van der Waals surface area contributed by atoms with Crippen LogP contribution in [0.5, 0.6) is 11.5 Å². The molecule has 0 saturated heterocycles. The Labute approximate surface area is 161 Å². The summed E-state index contributed by atoms with van der Waals surface area (Å²) in [5.41, 5.74) is 2.74. The molecule has 6 nitrogen and oxygen atoms in total. The first-order chi connectivity index (χ1) is 13.1. The van der Waals surface area contributed by atoms with Crippen molar-refractivity contribution in [1.82, 2.24) is 9.78 Å². The lowest BCUT2D eigenvalue weighted by atomic mass is 9.87. The van der Waals surface area contributed by atoms with Gasteiger partial charge < -0.3 is 15.2 Å². The molecule has 1 aliphatic heterocycles. The molecule has 0 unspecified atom stereocenters. The molecule has 7 heteroatoms. The maximum absolute atomic E-state index is 12.3. The molecule has 0 aliphatic carbocycles. The summed E-state index contributed by atoms with van der Waals surface area (Å²) in [5.74, 6) is 0.867. The van der Waals surface area contributed by atoms with Gasteiger partial charge >= 0.3 is 0 Å². The Morgan fingerprint density at radius 3 is 2.93 bits per heavy atom. The first kappa shape index (κ1) is 17.4. The number of hydrogen-bond acceptors (Lipinski definition) is 4. The summed E-state index contributed by atoms with van der Waals surface area (Å²) in [6, 6.07) is 12.7. The van der Waals surface area contributed by atoms with Crippen LogP contribution in [-0.2, 0) is 11.3 Å². The molecule has 1 aliphatic rings. The summed E-state index contributed by atoms with van der Waals surface area (Å²) in [4.78, 5) is 12.3. The number of halogens is 1. The minimum atomic E-state index is -0.164. The van der Waals surface area contributed by atoms with Crippen LogP contribution in [0.1, 0.15) is 29.0 Å². The van der Waals surface area contributed by atoms with Gasteiger partial charge in [0, 0.05) is 22.9 Å². The van der Waals surface area contributed by atoms with E-state index in [4.69, 9.17) is 16.3 Å². The van der Waals surface area contributed by atoms with E-state index in [1.807, 2.05) is 24.3 Å². The second kappa shape index (κ2) is 6.96. The van der Waals surface area contributed by atoms with Crippen LogP contribution in [0.15, 0.2) is 48.7 Å². The molecule has 0 bridgehead atoms. The van der Waals surface area contributed by atoms with Crippen molar-refractivity contribution >= 4 is 23.3 Å². The fourth-order valence-electron chi connectivity index (χ4n) is 3.39. The van der Waals surface area contributed by atoms with Crippen molar-refractivity contribution in [3.05, 3.63) is 70.4 Å². The summed E-state index contributed by atoms with van der Waals surface area (Å²) in [6.45, 7) is 0.459. The number of nitrogens with one attached hydrogen (secondary N) is 1.